The standard InChI is InChI=1S/C15H26FN3/c1-5-19(12(2)11-18(3)4)15-8-6-7-14(16)13(15)9-10-17/h6-8,12H,5,9-11,17H2,1-4H3. The summed E-state index contributed by atoms with van der Waals surface area (Å²) in [5.41, 5.74) is 7.31. The Kier molecular flexibility index (Phi) is 6.25. The fourth-order valence-corrected chi connectivity index (χ4v) is 2.55. The summed E-state index contributed by atoms with van der Waals surface area (Å²) in [4.78, 5) is 4.39. The Morgan fingerprint density at radius 1 is 1.32 bits per heavy atom. The molecule has 0 aromatic heterocycles. The van der Waals surface area contributed by atoms with E-state index in [1.54, 1.807) is 6.07 Å². The monoisotopic (exact) mass is 267 g/mol. The Balaban J connectivity index is 3.06. The van der Waals surface area contributed by atoms with E-state index in [0.717, 1.165) is 24.3 Å². The molecule has 0 radical (unpaired) electrons. The summed E-state index contributed by atoms with van der Waals surface area (Å²) in [5.74, 6) is -0.154. The number of halogens is 1. The molecule has 1 atom stereocenters. The van der Waals surface area contributed by atoms with Crippen molar-refractivity contribution >= 4 is 5.69 Å². The highest BCUT2D eigenvalue weighted by atomic mass is 19.1. The molecule has 0 aliphatic heterocycles. The number of benzene rings is 1. The molecule has 0 spiro atoms. The van der Waals surface area contributed by atoms with Crippen molar-refractivity contribution in [2.24, 2.45) is 5.73 Å². The van der Waals surface area contributed by atoms with Crippen LogP contribution >= 0.6 is 0 Å². The number of rotatable bonds is 7. The number of nitrogens with two attached hydrogens (primary N) is 1. The van der Waals surface area contributed by atoms with Crippen LogP contribution in [0.15, 0.2) is 18.2 Å². The van der Waals surface area contributed by atoms with Crippen molar-refractivity contribution in [3.05, 3.63) is 29.6 Å². The topological polar surface area (TPSA) is 32.5 Å². The third-order valence-corrected chi connectivity index (χ3v) is 3.30. The number of anilines is 1. The first-order chi connectivity index (χ1) is 9.01. The van der Waals surface area contributed by atoms with E-state index in [2.05, 4.69) is 37.7 Å². The Labute approximate surface area is 116 Å². The van der Waals surface area contributed by atoms with Gasteiger partial charge in [-0.3, -0.25) is 0 Å². The molecule has 1 aromatic carbocycles. The minimum absolute atomic E-state index is 0.154. The van der Waals surface area contributed by atoms with E-state index in [1.165, 1.54) is 6.07 Å². The highest BCUT2D eigenvalue weighted by Gasteiger charge is 2.18. The Morgan fingerprint density at radius 2 is 2.00 bits per heavy atom. The molecular formula is C15H26FN3. The number of hydrogen-bond donors (Lipinski definition) is 1. The molecule has 1 unspecified atom stereocenters. The van der Waals surface area contributed by atoms with E-state index in [0.29, 0.717) is 19.0 Å². The van der Waals surface area contributed by atoms with Crippen LogP contribution in [0.2, 0.25) is 0 Å². The van der Waals surface area contributed by atoms with Gasteiger partial charge in [-0.2, -0.15) is 0 Å². The zero-order valence-corrected chi connectivity index (χ0v) is 12.5. The first kappa shape index (κ1) is 15.9. The van der Waals surface area contributed by atoms with Gasteiger partial charge < -0.3 is 15.5 Å². The van der Waals surface area contributed by atoms with Crippen LogP contribution in [-0.2, 0) is 6.42 Å². The lowest BCUT2D eigenvalue weighted by Crippen LogP contribution is -2.40. The average Bonchev–Trinajstić information content (AvgIpc) is 2.33. The fraction of sp³-hybridized carbons (Fsp3) is 0.600. The first-order valence-corrected chi connectivity index (χ1v) is 6.90. The Bertz CT molecular complexity index is 393. The SMILES string of the molecule is CCN(c1cccc(F)c1CCN)C(C)CN(C)C. The average molecular weight is 267 g/mol. The molecule has 1 rings (SSSR count). The predicted molar refractivity (Wildman–Crippen MR) is 80.2 cm³/mol. The molecule has 0 aliphatic rings. The normalized spacial score (nSPS) is 12.8. The molecule has 2 N–H and O–H groups in total. The van der Waals surface area contributed by atoms with Crippen LogP contribution in [0.5, 0.6) is 0 Å². The maximum atomic E-state index is 14.0. The van der Waals surface area contributed by atoms with Crippen molar-refractivity contribution in [3.63, 3.8) is 0 Å². The van der Waals surface area contributed by atoms with E-state index in [-0.39, 0.29) is 5.82 Å². The smallest absolute Gasteiger partial charge is 0.128 e. The van der Waals surface area contributed by atoms with Gasteiger partial charge in [0.15, 0.2) is 0 Å². The van der Waals surface area contributed by atoms with Gasteiger partial charge in [0.2, 0.25) is 0 Å². The lowest BCUT2D eigenvalue weighted by molar-refractivity contribution is 0.372. The van der Waals surface area contributed by atoms with Crippen LogP contribution in [0.3, 0.4) is 0 Å². The predicted octanol–water partition coefficient (Wildman–Crippen LogP) is 2.10. The molecule has 3 nitrogen and oxygen atoms in total. The third-order valence-electron chi connectivity index (χ3n) is 3.30. The van der Waals surface area contributed by atoms with Crippen molar-refractivity contribution in [1.82, 2.24) is 4.90 Å². The molecule has 4 heteroatoms. The molecule has 19 heavy (non-hydrogen) atoms. The van der Waals surface area contributed by atoms with Crippen LogP contribution in [0, 0.1) is 5.82 Å². The van der Waals surface area contributed by atoms with E-state index < -0.39 is 0 Å². The minimum Gasteiger partial charge on any atom is -0.368 e. The van der Waals surface area contributed by atoms with E-state index >= 15 is 0 Å². The van der Waals surface area contributed by atoms with Crippen LogP contribution in [0.25, 0.3) is 0 Å². The van der Waals surface area contributed by atoms with Gasteiger partial charge in [0.25, 0.3) is 0 Å². The summed E-state index contributed by atoms with van der Waals surface area (Å²) in [7, 11) is 4.10. The van der Waals surface area contributed by atoms with Crippen LogP contribution in [0.1, 0.15) is 19.4 Å². The highest BCUT2D eigenvalue weighted by Crippen LogP contribution is 2.25. The zero-order valence-electron chi connectivity index (χ0n) is 12.5. The summed E-state index contributed by atoms with van der Waals surface area (Å²) in [6.45, 7) is 6.53. The molecule has 0 bridgehead atoms. The van der Waals surface area contributed by atoms with Crippen molar-refractivity contribution in [3.8, 4) is 0 Å². The third kappa shape index (κ3) is 4.18. The van der Waals surface area contributed by atoms with Crippen LogP contribution in [0.4, 0.5) is 10.1 Å². The molecule has 0 amide bonds. The van der Waals surface area contributed by atoms with E-state index in [9.17, 15) is 4.39 Å². The summed E-state index contributed by atoms with van der Waals surface area (Å²) in [6, 6.07) is 5.61. The fourth-order valence-electron chi connectivity index (χ4n) is 2.55. The van der Waals surface area contributed by atoms with Gasteiger partial charge in [0.1, 0.15) is 5.82 Å². The molecule has 0 fully saturated rings. The Morgan fingerprint density at radius 3 is 2.53 bits per heavy atom. The molecule has 0 aliphatic carbocycles. The maximum absolute atomic E-state index is 14.0. The Hall–Kier alpha value is -1.13. The van der Waals surface area contributed by atoms with Gasteiger partial charge in [0.05, 0.1) is 0 Å². The van der Waals surface area contributed by atoms with Crippen LogP contribution in [-0.4, -0.2) is 44.7 Å². The zero-order chi connectivity index (χ0) is 14.4. The molecule has 0 heterocycles. The van der Waals surface area contributed by atoms with Gasteiger partial charge in [-0.15, -0.1) is 0 Å². The van der Waals surface area contributed by atoms with E-state index in [4.69, 9.17) is 5.73 Å². The van der Waals surface area contributed by atoms with Crippen molar-refractivity contribution in [2.45, 2.75) is 26.3 Å². The summed E-state index contributed by atoms with van der Waals surface area (Å²) in [5, 5.41) is 0. The minimum atomic E-state index is -0.154. The van der Waals surface area contributed by atoms with Gasteiger partial charge in [-0.05, 0) is 53.0 Å². The van der Waals surface area contributed by atoms with Gasteiger partial charge in [-0.25, -0.2) is 4.39 Å². The second-order valence-electron chi connectivity index (χ2n) is 5.17. The number of hydrogen-bond acceptors (Lipinski definition) is 3. The molecule has 108 valence electrons. The van der Waals surface area contributed by atoms with E-state index in [1.807, 2.05) is 6.07 Å². The largest absolute Gasteiger partial charge is 0.368 e. The summed E-state index contributed by atoms with van der Waals surface area (Å²) < 4.78 is 14.0. The molecule has 0 saturated carbocycles. The molecule has 1 aromatic rings. The number of nitrogens with zero attached hydrogens (tertiary/aromatic N) is 2. The van der Waals surface area contributed by atoms with Crippen molar-refractivity contribution in [1.29, 1.82) is 0 Å². The van der Waals surface area contributed by atoms with Crippen molar-refractivity contribution < 1.29 is 4.39 Å². The first-order valence-electron chi connectivity index (χ1n) is 6.90. The maximum Gasteiger partial charge on any atom is 0.128 e. The van der Waals surface area contributed by atoms with Crippen LogP contribution < -0.4 is 10.6 Å². The van der Waals surface area contributed by atoms with Crippen molar-refractivity contribution in [2.75, 3.05) is 38.6 Å². The highest BCUT2D eigenvalue weighted by molar-refractivity contribution is 5.55. The number of likely N-dealkylation sites (N-methyl/N-ethyl adjacent to an activating group) is 2. The second kappa shape index (κ2) is 7.46. The van der Waals surface area contributed by atoms with Gasteiger partial charge in [0, 0.05) is 30.4 Å². The lowest BCUT2D eigenvalue weighted by atomic mass is 10.1. The summed E-state index contributed by atoms with van der Waals surface area (Å²) >= 11 is 0. The second-order valence-corrected chi connectivity index (χ2v) is 5.17. The summed E-state index contributed by atoms with van der Waals surface area (Å²) in [6.07, 6.45) is 0.577. The lowest BCUT2D eigenvalue weighted by Gasteiger charge is -2.33. The molecular weight excluding hydrogens is 241 g/mol. The quantitative estimate of drug-likeness (QED) is 0.821. The van der Waals surface area contributed by atoms with Gasteiger partial charge >= 0.3 is 0 Å². The van der Waals surface area contributed by atoms with Gasteiger partial charge in [-0.1, -0.05) is 6.07 Å². The molecule has 0 saturated heterocycles.